The molecule has 0 radical (unpaired) electrons. The fourth-order valence-electron chi connectivity index (χ4n) is 2.66. The van der Waals surface area contributed by atoms with Crippen molar-refractivity contribution in [2.45, 2.75) is 55.4 Å². The topological polar surface area (TPSA) is 0 Å². The van der Waals surface area contributed by atoms with Gasteiger partial charge in [-0.15, -0.1) is 0 Å². The zero-order valence-electron chi connectivity index (χ0n) is 11.2. The Balaban J connectivity index is 3.35. The van der Waals surface area contributed by atoms with Gasteiger partial charge in [0, 0.05) is 0 Å². The molecule has 0 saturated heterocycles. The third-order valence-corrected chi connectivity index (χ3v) is 5.80. The average Bonchev–Trinajstić information content (AvgIpc) is 2.01. The van der Waals surface area contributed by atoms with Gasteiger partial charge in [-0.3, -0.25) is 0 Å². The Bertz CT molecular complexity index is 264. The minimum absolute atomic E-state index is 0.309. The van der Waals surface area contributed by atoms with Gasteiger partial charge in [-0.1, -0.05) is 60.1 Å². The van der Waals surface area contributed by atoms with Crippen molar-refractivity contribution in [3.8, 4) is 0 Å². The molecule has 1 aliphatic rings. The van der Waals surface area contributed by atoms with Crippen molar-refractivity contribution in [2.24, 2.45) is 22.2 Å². The Kier molecular flexibility index (Phi) is 2.42. The van der Waals surface area contributed by atoms with Crippen LogP contribution in [0.3, 0.4) is 0 Å². The molecule has 0 aromatic carbocycles. The van der Waals surface area contributed by atoms with Crippen LogP contribution in [0.15, 0.2) is 11.6 Å². The lowest BCUT2D eigenvalue weighted by atomic mass is 9.46. The summed E-state index contributed by atoms with van der Waals surface area (Å²) in [5.41, 5.74) is 2.58. The first-order valence-electron chi connectivity index (χ1n) is 5.74. The molecular formula is C14H26. The van der Waals surface area contributed by atoms with Crippen LogP contribution in [0, 0.1) is 22.2 Å². The largest absolute Gasteiger partial charge is 0.0817 e. The highest BCUT2D eigenvalue weighted by atomic mass is 14.6. The van der Waals surface area contributed by atoms with Crippen LogP contribution in [0.5, 0.6) is 0 Å². The van der Waals surface area contributed by atoms with Crippen molar-refractivity contribution in [1.82, 2.24) is 0 Å². The molecule has 0 saturated carbocycles. The van der Waals surface area contributed by atoms with E-state index in [1.54, 1.807) is 5.57 Å². The van der Waals surface area contributed by atoms with Crippen molar-refractivity contribution < 1.29 is 0 Å². The second-order valence-corrected chi connectivity index (χ2v) is 6.61. The Hall–Kier alpha value is -0.260. The van der Waals surface area contributed by atoms with Crippen LogP contribution in [0.4, 0.5) is 0 Å². The van der Waals surface area contributed by atoms with Crippen LogP contribution in [0.1, 0.15) is 55.4 Å². The van der Waals surface area contributed by atoms with Crippen LogP contribution in [0.25, 0.3) is 0 Å². The van der Waals surface area contributed by atoms with Gasteiger partial charge in [0.15, 0.2) is 0 Å². The Morgan fingerprint density at radius 2 is 1.43 bits per heavy atom. The van der Waals surface area contributed by atoms with Gasteiger partial charge in [0.2, 0.25) is 0 Å². The maximum absolute atomic E-state index is 2.46. The van der Waals surface area contributed by atoms with Crippen LogP contribution in [-0.2, 0) is 0 Å². The molecule has 0 heterocycles. The zero-order valence-corrected chi connectivity index (χ0v) is 11.2. The van der Waals surface area contributed by atoms with Crippen molar-refractivity contribution >= 4 is 0 Å². The van der Waals surface area contributed by atoms with Gasteiger partial charge >= 0.3 is 0 Å². The van der Waals surface area contributed by atoms with Crippen molar-refractivity contribution in [3.05, 3.63) is 11.6 Å². The van der Waals surface area contributed by atoms with E-state index in [1.807, 2.05) is 0 Å². The number of hydrogen-bond donors (Lipinski definition) is 0. The molecule has 0 aliphatic heterocycles. The fourth-order valence-corrected chi connectivity index (χ4v) is 2.66. The molecule has 1 rings (SSSR count). The highest BCUT2D eigenvalue weighted by Crippen LogP contribution is 2.61. The predicted molar refractivity (Wildman–Crippen MR) is 64.3 cm³/mol. The molecule has 0 heteroatoms. The van der Waals surface area contributed by atoms with Crippen LogP contribution in [-0.4, -0.2) is 0 Å². The molecule has 0 nitrogen and oxygen atoms in total. The maximum atomic E-state index is 2.46. The van der Waals surface area contributed by atoms with E-state index in [1.165, 1.54) is 0 Å². The minimum atomic E-state index is 0.309. The summed E-state index contributed by atoms with van der Waals surface area (Å²) in [7, 11) is 0. The smallest absolute Gasteiger partial charge is 0.00909 e. The molecule has 1 atom stereocenters. The molecule has 0 spiro atoms. The van der Waals surface area contributed by atoms with E-state index in [0.29, 0.717) is 22.2 Å². The molecule has 14 heavy (non-hydrogen) atoms. The standard InChI is InChI=1S/C14H26/c1-10-9-11(2)13(5,6)14(7,8)12(10,3)4/h9-10H,1-8H3. The molecule has 0 N–H and O–H groups in total. The van der Waals surface area contributed by atoms with Crippen LogP contribution in [0.2, 0.25) is 0 Å². The van der Waals surface area contributed by atoms with Gasteiger partial charge in [-0.05, 0) is 29.1 Å². The molecule has 82 valence electrons. The lowest BCUT2D eigenvalue weighted by molar-refractivity contribution is -0.0358. The normalized spacial score (nSPS) is 33.7. The van der Waals surface area contributed by atoms with Gasteiger partial charge in [0.25, 0.3) is 0 Å². The maximum Gasteiger partial charge on any atom is -0.00909 e. The highest BCUT2D eigenvalue weighted by molar-refractivity contribution is 5.23. The van der Waals surface area contributed by atoms with E-state index in [9.17, 15) is 0 Å². The van der Waals surface area contributed by atoms with Gasteiger partial charge in [-0.2, -0.15) is 0 Å². The Morgan fingerprint density at radius 3 is 1.86 bits per heavy atom. The van der Waals surface area contributed by atoms with E-state index in [-0.39, 0.29) is 0 Å². The van der Waals surface area contributed by atoms with Crippen LogP contribution >= 0.6 is 0 Å². The predicted octanol–water partition coefficient (Wildman–Crippen LogP) is 4.66. The summed E-state index contributed by atoms with van der Waals surface area (Å²) in [5.74, 6) is 0.672. The van der Waals surface area contributed by atoms with E-state index in [2.05, 4.69) is 61.5 Å². The number of allylic oxidation sites excluding steroid dienone is 2. The summed E-state index contributed by atoms with van der Waals surface area (Å²) in [4.78, 5) is 0. The molecule has 1 aliphatic carbocycles. The van der Waals surface area contributed by atoms with Gasteiger partial charge in [0.05, 0.1) is 0 Å². The number of hydrogen-bond acceptors (Lipinski definition) is 0. The molecule has 0 aromatic rings. The minimum Gasteiger partial charge on any atom is -0.0817 e. The summed E-state index contributed by atoms with van der Waals surface area (Å²) in [6, 6.07) is 0. The monoisotopic (exact) mass is 194 g/mol. The Morgan fingerprint density at radius 1 is 1.00 bits per heavy atom. The molecule has 0 fully saturated rings. The van der Waals surface area contributed by atoms with Crippen molar-refractivity contribution in [1.29, 1.82) is 0 Å². The molecule has 0 amide bonds. The first-order valence-corrected chi connectivity index (χ1v) is 5.74. The summed E-state index contributed by atoms with van der Waals surface area (Å²) < 4.78 is 0. The summed E-state index contributed by atoms with van der Waals surface area (Å²) in [6.07, 6.45) is 2.46. The summed E-state index contributed by atoms with van der Waals surface area (Å²) >= 11 is 0. The molecule has 0 bridgehead atoms. The number of rotatable bonds is 0. The lowest BCUT2D eigenvalue weighted by Gasteiger charge is -2.58. The Labute approximate surface area is 89.8 Å². The lowest BCUT2D eigenvalue weighted by Crippen LogP contribution is -2.50. The molecule has 0 aromatic heterocycles. The zero-order chi connectivity index (χ0) is 11.4. The SMILES string of the molecule is CC1=CC(C)C(C)(C)C(C)(C)C1(C)C. The third-order valence-electron chi connectivity index (χ3n) is 5.80. The van der Waals surface area contributed by atoms with Gasteiger partial charge < -0.3 is 0 Å². The van der Waals surface area contributed by atoms with Gasteiger partial charge in [-0.25, -0.2) is 0 Å². The third kappa shape index (κ3) is 1.19. The van der Waals surface area contributed by atoms with E-state index in [4.69, 9.17) is 0 Å². The van der Waals surface area contributed by atoms with E-state index >= 15 is 0 Å². The van der Waals surface area contributed by atoms with E-state index in [0.717, 1.165) is 0 Å². The van der Waals surface area contributed by atoms with Gasteiger partial charge in [0.1, 0.15) is 0 Å². The van der Waals surface area contributed by atoms with Crippen molar-refractivity contribution in [3.63, 3.8) is 0 Å². The first kappa shape index (κ1) is 11.8. The molecular weight excluding hydrogens is 168 g/mol. The first-order chi connectivity index (χ1) is 6.05. The van der Waals surface area contributed by atoms with Crippen molar-refractivity contribution in [2.75, 3.05) is 0 Å². The average molecular weight is 194 g/mol. The van der Waals surface area contributed by atoms with E-state index < -0.39 is 0 Å². The van der Waals surface area contributed by atoms with Crippen LogP contribution < -0.4 is 0 Å². The second kappa shape index (κ2) is 2.87. The summed E-state index contributed by atoms with van der Waals surface area (Å²) in [6.45, 7) is 19.0. The molecule has 1 unspecified atom stereocenters. The highest BCUT2D eigenvalue weighted by Gasteiger charge is 2.53. The summed E-state index contributed by atoms with van der Waals surface area (Å²) in [5, 5.41) is 0. The quantitative estimate of drug-likeness (QED) is 0.492. The fraction of sp³-hybridized carbons (Fsp3) is 0.857. The second-order valence-electron chi connectivity index (χ2n) is 6.61.